The highest BCUT2D eigenvalue weighted by Crippen LogP contribution is 2.65. The first kappa shape index (κ1) is 11.5. The summed E-state index contributed by atoms with van der Waals surface area (Å²) in [5.74, 6) is 0.214. The molecule has 2 heteroatoms. The third-order valence-corrected chi connectivity index (χ3v) is 5.46. The van der Waals surface area contributed by atoms with Gasteiger partial charge in [0.15, 0.2) is 0 Å². The number of fused-ring (bicyclic) bond motifs is 1. The van der Waals surface area contributed by atoms with E-state index in [4.69, 9.17) is 0 Å². The molecule has 0 unspecified atom stereocenters. The maximum atomic E-state index is 10.5. The van der Waals surface area contributed by atoms with E-state index in [1.165, 1.54) is 11.1 Å². The minimum atomic E-state index is -0.385. The topological polar surface area (TPSA) is 40.5 Å². The van der Waals surface area contributed by atoms with Gasteiger partial charge in [-0.05, 0) is 43.6 Å². The Hall–Kier alpha value is -0.600. The van der Waals surface area contributed by atoms with Crippen LogP contribution in [0.2, 0.25) is 0 Å². The molecule has 2 N–H and O–H groups in total. The van der Waals surface area contributed by atoms with Gasteiger partial charge < -0.3 is 10.2 Å². The smallest absolute Gasteiger partial charge is 0.0821 e. The lowest BCUT2D eigenvalue weighted by Gasteiger charge is -2.36. The van der Waals surface area contributed by atoms with Crippen molar-refractivity contribution in [2.75, 3.05) is 6.61 Å². The van der Waals surface area contributed by atoms with Gasteiger partial charge in [0.05, 0.1) is 6.10 Å². The van der Waals surface area contributed by atoms with Gasteiger partial charge in [-0.2, -0.15) is 0 Å². The Morgan fingerprint density at radius 1 is 1.41 bits per heavy atom. The van der Waals surface area contributed by atoms with E-state index in [1.807, 2.05) is 0 Å². The van der Waals surface area contributed by atoms with Gasteiger partial charge in [0.1, 0.15) is 0 Å². The molecule has 2 fully saturated rings. The van der Waals surface area contributed by atoms with Crippen molar-refractivity contribution in [2.24, 2.45) is 16.7 Å². The van der Waals surface area contributed by atoms with Crippen LogP contribution >= 0.6 is 0 Å². The third-order valence-electron chi connectivity index (χ3n) is 5.46. The molecular formula is C15H22O2. The van der Waals surface area contributed by atoms with Crippen molar-refractivity contribution in [1.29, 1.82) is 0 Å². The van der Waals surface area contributed by atoms with E-state index in [-0.39, 0.29) is 29.5 Å². The fourth-order valence-corrected chi connectivity index (χ4v) is 4.05. The fourth-order valence-electron chi connectivity index (χ4n) is 4.05. The predicted molar refractivity (Wildman–Crippen MR) is 67.4 cm³/mol. The van der Waals surface area contributed by atoms with Crippen LogP contribution in [0.5, 0.6) is 0 Å². The average molecular weight is 234 g/mol. The minimum absolute atomic E-state index is 0.0387. The van der Waals surface area contributed by atoms with Crippen molar-refractivity contribution in [3.05, 3.63) is 23.3 Å². The van der Waals surface area contributed by atoms with Gasteiger partial charge in [-0.15, -0.1) is 0 Å². The summed E-state index contributed by atoms with van der Waals surface area (Å²) in [4.78, 5) is 0. The Morgan fingerprint density at radius 3 is 2.59 bits per heavy atom. The lowest BCUT2D eigenvalue weighted by Crippen LogP contribution is -2.33. The number of hydrogen-bond acceptors (Lipinski definition) is 2. The number of aliphatic hydroxyl groups is 2. The standard InChI is InChI=1S/C15H22O2/c1-9-11-6-14(3,8-16)7-12(11)13(17)10(2)15(9)4-5-15/h12-13,16-17H,2,4-8H2,1,3H3/t12-,13-,14+/m0/s1. The summed E-state index contributed by atoms with van der Waals surface area (Å²) >= 11 is 0. The van der Waals surface area contributed by atoms with Crippen LogP contribution in [-0.4, -0.2) is 22.9 Å². The third kappa shape index (κ3) is 1.34. The molecule has 0 saturated heterocycles. The molecule has 2 saturated carbocycles. The molecular weight excluding hydrogens is 212 g/mol. The maximum Gasteiger partial charge on any atom is 0.0821 e. The van der Waals surface area contributed by atoms with E-state index in [9.17, 15) is 10.2 Å². The highest BCUT2D eigenvalue weighted by molar-refractivity contribution is 5.46. The van der Waals surface area contributed by atoms with Crippen molar-refractivity contribution in [2.45, 2.75) is 45.6 Å². The molecule has 0 bridgehead atoms. The van der Waals surface area contributed by atoms with E-state index in [0.29, 0.717) is 0 Å². The Kier molecular flexibility index (Phi) is 2.19. The molecule has 2 nitrogen and oxygen atoms in total. The first-order valence-corrected chi connectivity index (χ1v) is 6.62. The number of aliphatic hydroxyl groups excluding tert-OH is 2. The van der Waals surface area contributed by atoms with Crippen molar-refractivity contribution >= 4 is 0 Å². The van der Waals surface area contributed by atoms with Crippen LogP contribution in [0.4, 0.5) is 0 Å². The Labute approximate surface area is 103 Å². The second-order valence-corrected chi connectivity index (χ2v) is 6.66. The first-order valence-electron chi connectivity index (χ1n) is 6.62. The van der Waals surface area contributed by atoms with Crippen LogP contribution in [0, 0.1) is 16.7 Å². The quantitative estimate of drug-likeness (QED) is 0.684. The van der Waals surface area contributed by atoms with Gasteiger partial charge in [0.2, 0.25) is 0 Å². The van der Waals surface area contributed by atoms with Gasteiger partial charge in [0.25, 0.3) is 0 Å². The zero-order chi connectivity index (χ0) is 12.4. The normalized spacial score (nSPS) is 43.2. The molecule has 0 aliphatic heterocycles. The summed E-state index contributed by atoms with van der Waals surface area (Å²) in [5.41, 5.74) is 3.99. The average Bonchev–Trinajstić information content (AvgIpc) is 3.04. The van der Waals surface area contributed by atoms with E-state index < -0.39 is 0 Å². The lowest BCUT2D eigenvalue weighted by molar-refractivity contribution is 0.107. The number of allylic oxidation sites excluding steroid dienone is 1. The first-order chi connectivity index (χ1) is 7.93. The highest BCUT2D eigenvalue weighted by atomic mass is 16.3. The summed E-state index contributed by atoms with van der Waals surface area (Å²) in [6, 6.07) is 0. The highest BCUT2D eigenvalue weighted by Gasteiger charge is 2.57. The molecule has 0 radical (unpaired) electrons. The molecule has 3 atom stereocenters. The van der Waals surface area contributed by atoms with Crippen molar-refractivity contribution < 1.29 is 10.2 Å². The van der Waals surface area contributed by atoms with Crippen LogP contribution in [0.1, 0.15) is 39.5 Å². The van der Waals surface area contributed by atoms with E-state index in [2.05, 4.69) is 20.4 Å². The summed E-state index contributed by atoms with van der Waals surface area (Å²) < 4.78 is 0. The van der Waals surface area contributed by atoms with Crippen molar-refractivity contribution in [1.82, 2.24) is 0 Å². The maximum absolute atomic E-state index is 10.5. The Bertz CT molecular complexity index is 417. The molecule has 0 aromatic carbocycles. The molecule has 94 valence electrons. The van der Waals surface area contributed by atoms with Gasteiger partial charge >= 0.3 is 0 Å². The molecule has 0 heterocycles. The van der Waals surface area contributed by atoms with E-state index >= 15 is 0 Å². The summed E-state index contributed by atoms with van der Waals surface area (Å²) in [7, 11) is 0. The van der Waals surface area contributed by atoms with Gasteiger partial charge in [0, 0.05) is 17.9 Å². The molecule has 17 heavy (non-hydrogen) atoms. The van der Waals surface area contributed by atoms with Crippen LogP contribution < -0.4 is 0 Å². The molecule has 3 aliphatic rings. The monoisotopic (exact) mass is 234 g/mol. The van der Waals surface area contributed by atoms with Gasteiger partial charge in [-0.1, -0.05) is 24.6 Å². The van der Waals surface area contributed by atoms with Crippen LogP contribution in [0.15, 0.2) is 23.3 Å². The fraction of sp³-hybridized carbons (Fsp3) is 0.733. The molecule has 0 aromatic heterocycles. The predicted octanol–water partition coefficient (Wildman–Crippen LogP) is 2.42. The molecule has 3 rings (SSSR count). The summed E-state index contributed by atoms with van der Waals surface area (Å²) in [6.07, 6.45) is 3.77. The Morgan fingerprint density at radius 2 is 2.06 bits per heavy atom. The van der Waals surface area contributed by atoms with Crippen molar-refractivity contribution in [3.63, 3.8) is 0 Å². The second kappa shape index (κ2) is 3.24. The molecule has 1 spiro atoms. The van der Waals surface area contributed by atoms with Gasteiger partial charge in [-0.25, -0.2) is 0 Å². The summed E-state index contributed by atoms with van der Waals surface area (Å²) in [6.45, 7) is 8.71. The minimum Gasteiger partial charge on any atom is -0.396 e. The largest absolute Gasteiger partial charge is 0.396 e. The Balaban J connectivity index is 2.06. The molecule has 3 aliphatic carbocycles. The SMILES string of the molecule is C=C1[C@H](O)[C@H]2C[C@](C)(CO)CC2=C(C)C12CC2. The molecule has 0 aromatic rings. The number of rotatable bonds is 1. The van der Waals surface area contributed by atoms with E-state index in [0.717, 1.165) is 31.3 Å². The lowest BCUT2D eigenvalue weighted by atomic mass is 9.71. The van der Waals surface area contributed by atoms with Crippen LogP contribution in [0.25, 0.3) is 0 Å². The zero-order valence-electron chi connectivity index (χ0n) is 10.8. The molecule has 0 amide bonds. The van der Waals surface area contributed by atoms with E-state index in [1.54, 1.807) is 0 Å². The van der Waals surface area contributed by atoms with Gasteiger partial charge in [-0.3, -0.25) is 0 Å². The van der Waals surface area contributed by atoms with Crippen LogP contribution in [0.3, 0.4) is 0 Å². The van der Waals surface area contributed by atoms with Crippen molar-refractivity contribution in [3.8, 4) is 0 Å². The zero-order valence-corrected chi connectivity index (χ0v) is 10.8. The van der Waals surface area contributed by atoms with Crippen LogP contribution in [-0.2, 0) is 0 Å². The second-order valence-electron chi connectivity index (χ2n) is 6.66. The summed E-state index contributed by atoms with van der Waals surface area (Å²) in [5, 5.41) is 20.0. The number of hydrogen-bond donors (Lipinski definition) is 2.